The lowest BCUT2D eigenvalue weighted by Gasteiger charge is -2.29. The average molecular weight is 471 g/mol. The summed E-state index contributed by atoms with van der Waals surface area (Å²) in [5.74, 6) is -3.85. The number of amides is 4. The van der Waals surface area contributed by atoms with Crippen molar-refractivity contribution in [2.24, 2.45) is 23.1 Å². The Labute approximate surface area is 194 Å². The van der Waals surface area contributed by atoms with Gasteiger partial charge in [0.1, 0.15) is 18.1 Å². The van der Waals surface area contributed by atoms with Crippen molar-refractivity contribution in [2.75, 3.05) is 13.1 Å². The molecule has 4 amide bonds. The SMILES string of the molecule is CC(C)CC(NC(=O)C1CCCN1C(=O)C(N)CCCCN)C(=O)NC(CC(N)=O)C(=O)O. The Morgan fingerprint density at radius 2 is 1.76 bits per heavy atom. The van der Waals surface area contributed by atoms with Crippen LogP contribution in [0.2, 0.25) is 0 Å². The van der Waals surface area contributed by atoms with Crippen LogP contribution in [-0.4, -0.2) is 76.9 Å². The van der Waals surface area contributed by atoms with Gasteiger partial charge in [0.15, 0.2) is 0 Å². The third-order valence-electron chi connectivity index (χ3n) is 5.48. The van der Waals surface area contributed by atoms with Gasteiger partial charge in [-0.25, -0.2) is 4.79 Å². The summed E-state index contributed by atoms with van der Waals surface area (Å²) in [6.07, 6.45) is 2.65. The number of unbranched alkanes of at least 4 members (excludes halogenated alkanes) is 1. The Kier molecular flexibility index (Phi) is 11.8. The van der Waals surface area contributed by atoms with Gasteiger partial charge < -0.3 is 37.8 Å². The molecule has 1 fully saturated rings. The smallest absolute Gasteiger partial charge is 0.326 e. The summed E-state index contributed by atoms with van der Waals surface area (Å²) in [5.41, 5.74) is 16.5. The van der Waals surface area contributed by atoms with Crippen LogP contribution in [0.15, 0.2) is 0 Å². The molecule has 0 spiro atoms. The van der Waals surface area contributed by atoms with Crippen molar-refractivity contribution in [1.82, 2.24) is 15.5 Å². The third-order valence-corrected chi connectivity index (χ3v) is 5.48. The zero-order chi connectivity index (χ0) is 25.1. The molecule has 9 N–H and O–H groups in total. The fourth-order valence-electron chi connectivity index (χ4n) is 3.79. The number of nitrogens with zero attached hydrogens (tertiary/aromatic N) is 1. The minimum absolute atomic E-state index is 0.00208. The number of rotatable bonds is 14. The molecule has 1 aliphatic heterocycles. The number of primary amides is 1. The second-order valence-electron chi connectivity index (χ2n) is 8.84. The Hall–Kier alpha value is -2.73. The van der Waals surface area contributed by atoms with E-state index in [0.717, 1.165) is 6.42 Å². The van der Waals surface area contributed by atoms with E-state index in [9.17, 15) is 29.1 Å². The molecule has 12 nitrogen and oxygen atoms in total. The maximum Gasteiger partial charge on any atom is 0.326 e. The molecule has 1 heterocycles. The van der Waals surface area contributed by atoms with E-state index in [4.69, 9.17) is 17.2 Å². The summed E-state index contributed by atoms with van der Waals surface area (Å²) in [4.78, 5) is 62.4. The molecule has 4 atom stereocenters. The lowest BCUT2D eigenvalue weighted by molar-refractivity contribution is -0.144. The number of nitrogens with two attached hydrogens (primary N) is 3. The predicted molar refractivity (Wildman–Crippen MR) is 120 cm³/mol. The lowest BCUT2D eigenvalue weighted by atomic mass is 10.0. The largest absolute Gasteiger partial charge is 0.480 e. The number of aliphatic carboxylic acids is 1. The highest BCUT2D eigenvalue weighted by Crippen LogP contribution is 2.20. The summed E-state index contributed by atoms with van der Waals surface area (Å²) in [5, 5.41) is 14.2. The van der Waals surface area contributed by atoms with E-state index < -0.39 is 54.3 Å². The number of carboxylic acids is 1. The summed E-state index contributed by atoms with van der Waals surface area (Å²) in [6.45, 7) is 4.59. The molecule has 188 valence electrons. The molecule has 4 unspecified atom stereocenters. The predicted octanol–water partition coefficient (Wildman–Crippen LogP) is -1.59. The summed E-state index contributed by atoms with van der Waals surface area (Å²) in [6, 6.07) is -4.04. The van der Waals surface area contributed by atoms with E-state index in [2.05, 4.69) is 10.6 Å². The van der Waals surface area contributed by atoms with Gasteiger partial charge in [0.2, 0.25) is 23.6 Å². The van der Waals surface area contributed by atoms with E-state index in [1.807, 2.05) is 13.8 Å². The number of hydrogen-bond donors (Lipinski definition) is 6. The first-order valence-corrected chi connectivity index (χ1v) is 11.4. The van der Waals surface area contributed by atoms with Crippen LogP contribution in [0.4, 0.5) is 0 Å². The Morgan fingerprint density at radius 1 is 1.09 bits per heavy atom. The Balaban J connectivity index is 2.87. The minimum atomic E-state index is -1.50. The molecule has 0 saturated carbocycles. The van der Waals surface area contributed by atoms with Gasteiger partial charge in [0.25, 0.3) is 0 Å². The Morgan fingerprint density at radius 3 is 2.30 bits per heavy atom. The summed E-state index contributed by atoms with van der Waals surface area (Å²) in [7, 11) is 0. The van der Waals surface area contributed by atoms with Crippen LogP contribution < -0.4 is 27.8 Å². The molecular formula is C21H38N6O6. The monoisotopic (exact) mass is 470 g/mol. The van der Waals surface area contributed by atoms with E-state index in [1.54, 1.807) is 0 Å². The van der Waals surface area contributed by atoms with Crippen molar-refractivity contribution in [3.8, 4) is 0 Å². The maximum atomic E-state index is 13.0. The number of likely N-dealkylation sites (tertiary alicyclic amines) is 1. The van der Waals surface area contributed by atoms with Crippen LogP contribution in [-0.2, 0) is 24.0 Å². The molecule has 12 heteroatoms. The van der Waals surface area contributed by atoms with Gasteiger partial charge in [-0.3, -0.25) is 19.2 Å². The first-order valence-electron chi connectivity index (χ1n) is 11.4. The fraction of sp³-hybridized carbons (Fsp3) is 0.762. The second kappa shape index (κ2) is 13.7. The number of nitrogens with one attached hydrogen (secondary N) is 2. The minimum Gasteiger partial charge on any atom is -0.480 e. The molecular weight excluding hydrogens is 432 g/mol. The highest BCUT2D eigenvalue weighted by atomic mass is 16.4. The van der Waals surface area contributed by atoms with Gasteiger partial charge in [-0.1, -0.05) is 20.3 Å². The van der Waals surface area contributed by atoms with Crippen molar-refractivity contribution in [1.29, 1.82) is 0 Å². The number of carboxylic acid groups (broad SMARTS) is 1. The normalized spacial score (nSPS) is 18.5. The molecule has 0 bridgehead atoms. The van der Waals surface area contributed by atoms with Crippen LogP contribution >= 0.6 is 0 Å². The number of carbonyl (C=O) groups excluding carboxylic acids is 4. The van der Waals surface area contributed by atoms with Gasteiger partial charge in [-0.15, -0.1) is 0 Å². The van der Waals surface area contributed by atoms with Crippen molar-refractivity contribution < 1.29 is 29.1 Å². The Bertz CT molecular complexity index is 715. The highest BCUT2D eigenvalue weighted by molar-refractivity contribution is 5.95. The molecule has 1 saturated heterocycles. The van der Waals surface area contributed by atoms with Crippen molar-refractivity contribution >= 4 is 29.6 Å². The summed E-state index contributed by atoms with van der Waals surface area (Å²) < 4.78 is 0. The second-order valence-corrected chi connectivity index (χ2v) is 8.84. The molecule has 1 aliphatic rings. The zero-order valence-electron chi connectivity index (χ0n) is 19.4. The number of hydrogen-bond acceptors (Lipinski definition) is 7. The molecule has 0 aromatic carbocycles. The fourth-order valence-corrected chi connectivity index (χ4v) is 3.79. The van der Waals surface area contributed by atoms with Crippen LogP contribution in [0.1, 0.15) is 58.8 Å². The topological polar surface area (TPSA) is 211 Å². The van der Waals surface area contributed by atoms with Crippen LogP contribution in [0.5, 0.6) is 0 Å². The van der Waals surface area contributed by atoms with Gasteiger partial charge in [0.05, 0.1) is 12.5 Å². The average Bonchev–Trinajstić information content (AvgIpc) is 3.21. The van der Waals surface area contributed by atoms with Crippen molar-refractivity contribution in [3.63, 3.8) is 0 Å². The van der Waals surface area contributed by atoms with Gasteiger partial charge in [0, 0.05) is 6.54 Å². The first kappa shape index (κ1) is 28.3. The lowest BCUT2D eigenvalue weighted by Crippen LogP contribution is -2.57. The van der Waals surface area contributed by atoms with Gasteiger partial charge in [-0.05, 0) is 44.6 Å². The molecule has 0 aromatic rings. The van der Waals surface area contributed by atoms with E-state index in [-0.39, 0.29) is 18.2 Å². The molecule has 0 aromatic heterocycles. The number of carbonyl (C=O) groups is 5. The molecule has 33 heavy (non-hydrogen) atoms. The van der Waals surface area contributed by atoms with Gasteiger partial charge >= 0.3 is 5.97 Å². The molecule has 0 aliphatic carbocycles. The van der Waals surface area contributed by atoms with Crippen LogP contribution in [0.3, 0.4) is 0 Å². The highest BCUT2D eigenvalue weighted by Gasteiger charge is 2.38. The zero-order valence-corrected chi connectivity index (χ0v) is 19.4. The van der Waals surface area contributed by atoms with Gasteiger partial charge in [-0.2, -0.15) is 0 Å². The van der Waals surface area contributed by atoms with E-state index in [1.165, 1.54) is 4.90 Å². The first-order chi connectivity index (χ1) is 15.5. The summed E-state index contributed by atoms with van der Waals surface area (Å²) >= 11 is 0. The van der Waals surface area contributed by atoms with Crippen LogP contribution in [0, 0.1) is 5.92 Å². The van der Waals surface area contributed by atoms with Crippen molar-refractivity contribution in [3.05, 3.63) is 0 Å². The molecule has 0 radical (unpaired) electrons. The quantitative estimate of drug-likeness (QED) is 0.162. The maximum absolute atomic E-state index is 13.0. The van der Waals surface area contributed by atoms with E-state index in [0.29, 0.717) is 38.8 Å². The standard InChI is InChI=1S/C21H38N6O6/c1-12(2)10-14(18(29)26-15(21(32)33)11-17(24)28)25-19(30)16-7-5-9-27(16)20(31)13(23)6-3-4-8-22/h12-16H,3-11,22-23H2,1-2H3,(H2,24,28)(H,25,30)(H,26,29)(H,32,33). The van der Waals surface area contributed by atoms with Crippen LogP contribution in [0.25, 0.3) is 0 Å². The van der Waals surface area contributed by atoms with Crippen molar-refractivity contribution in [2.45, 2.75) is 83.0 Å². The third kappa shape index (κ3) is 9.34. The van der Waals surface area contributed by atoms with E-state index >= 15 is 0 Å². The molecule has 1 rings (SSSR count).